The average Bonchev–Trinajstić information content (AvgIpc) is 2.95. The zero-order valence-electron chi connectivity index (χ0n) is 16.1. The molecule has 1 heterocycles. The molecule has 0 aliphatic rings. The molecule has 3 rings (SSSR count). The molecule has 1 aromatic heterocycles. The third kappa shape index (κ3) is 4.23. The third-order valence-corrected chi connectivity index (χ3v) is 4.99. The summed E-state index contributed by atoms with van der Waals surface area (Å²) in [4.78, 5) is 11.0. The molecule has 0 radical (unpaired) electrons. The Bertz CT molecular complexity index is 1050. The molecule has 2 aromatic carbocycles. The Kier molecular flexibility index (Phi) is 5.59. The minimum atomic E-state index is -4.63. The lowest BCUT2D eigenvalue weighted by molar-refractivity contribution is -0.144. The number of aromatic hydroxyl groups is 1. The van der Waals surface area contributed by atoms with Crippen LogP contribution in [0.1, 0.15) is 48.6 Å². The summed E-state index contributed by atoms with van der Waals surface area (Å²) in [6.07, 6.45) is -5.22. The van der Waals surface area contributed by atoms with Crippen LogP contribution >= 0.6 is 0 Å². The summed E-state index contributed by atoms with van der Waals surface area (Å²) in [6, 6.07) is 11.3. The van der Waals surface area contributed by atoms with Crippen molar-refractivity contribution >= 4 is 16.9 Å². The summed E-state index contributed by atoms with van der Waals surface area (Å²) >= 11 is 0. The average molecular weight is 405 g/mol. The monoisotopic (exact) mass is 405 g/mol. The van der Waals surface area contributed by atoms with Gasteiger partial charge in [0.15, 0.2) is 0 Å². The molecule has 0 saturated heterocycles. The number of alkyl halides is 3. The summed E-state index contributed by atoms with van der Waals surface area (Å²) < 4.78 is 43.3. The van der Waals surface area contributed by atoms with Crippen molar-refractivity contribution in [2.45, 2.75) is 45.3 Å². The number of hydrogen-bond acceptors (Lipinski definition) is 2. The summed E-state index contributed by atoms with van der Waals surface area (Å²) in [6.45, 7) is 3.76. The smallest absolute Gasteiger partial charge is 0.431 e. The van der Waals surface area contributed by atoms with E-state index in [2.05, 4.69) is 0 Å². The molecule has 2 N–H and O–H groups in total. The van der Waals surface area contributed by atoms with E-state index in [1.165, 1.54) is 10.6 Å². The van der Waals surface area contributed by atoms with Gasteiger partial charge in [0.05, 0.1) is 0 Å². The lowest BCUT2D eigenvalue weighted by atomic mass is 9.99. The summed E-state index contributed by atoms with van der Waals surface area (Å²) in [5, 5.41) is 19.4. The van der Waals surface area contributed by atoms with E-state index < -0.39 is 17.8 Å². The van der Waals surface area contributed by atoms with Gasteiger partial charge in [-0.2, -0.15) is 13.2 Å². The van der Waals surface area contributed by atoms with E-state index in [1.54, 1.807) is 36.4 Å². The lowest BCUT2D eigenvalue weighted by Gasteiger charge is -2.16. The maximum absolute atomic E-state index is 14.0. The van der Waals surface area contributed by atoms with Crippen molar-refractivity contribution in [2.24, 2.45) is 0 Å². The first-order valence-corrected chi connectivity index (χ1v) is 9.30. The first kappa shape index (κ1) is 20.8. The number of carboxylic acid groups (broad SMARTS) is 1. The number of halogens is 3. The molecule has 0 unspecified atom stereocenters. The number of carbonyl (C=O) groups is 1. The highest BCUT2D eigenvalue weighted by molar-refractivity contribution is 5.86. The van der Waals surface area contributed by atoms with Crippen LogP contribution in [0.2, 0.25) is 0 Å². The summed E-state index contributed by atoms with van der Waals surface area (Å²) in [5.41, 5.74) is 0.873. The first-order chi connectivity index (χ1) is 13.6. The minimum Gasteiger partial charge on any atom is -0.508 e. The Morgan fingerprint density at radius 1 is 1.14 bits per heavy atom. The number of para-hydroxylation sites is 1. The molecule has 4 nitrogen and oxygen atoms in total. The van der Waals surface area contributed by atoms with Crippen LogP contribution in [0.5, 0.6) is 5.75 Å². The summed E-state index contributed by atoms with van der Waals surface area (Å²) in [7, 11) is 0. The molecular formula is C22H22F3NO3. The molecule has 29 heavy (non-hydrogen) atoms. The van der Waals surface area contributed by atoms with Crippen LogP contribution in [0.25, 0.3) is 10.9 Å². The number of rotatable bonds is 6. The van der Waals surface area contributed by atoms with E-state index in [-0.39, 0.29) is 36.6 Å². The van der Waals surface area contributed by atoms with Crippen LogP contribution in [0.3, 0.4) is 0 Å². The third-order valence-electron chi connectivity index (χ3n) is 4.99. The van der Waals surface area contributed by atoms with Crippen molar-refractivity contribution in [1.82, 2.24) is 4.57 Å². The van der Waals surface area contributed by atoms with Crippen molar-refractivity contribution in [2.75, 3.05) is 0 Å². The molecule has 154 valence electrons. The summed E-state index contributed by atoms with van der Waals surface area (Å²) in [5.74, 6) is -1.01. The number of phenolic OH excluding ortho intramolecular Hbond substituents is 1. The molecule has 0 saturated carbocycles. The Hall–Kier alpha value is -2.96. The maximum atomic E-state index is 14.0. The number of nitrogens with zero attached hydrogens (tertiary/aromatic N) is 1. The van der Waals surface area contributed by atoms with E-state index in [0.29, 0.717) is 22.0 Å². The predicted octanol–water partition coefficient (Wildman–Crippen LogP) is 5.55. The van der Waals surface area contributed by atoms with Crippen LogP contribution in [0.4, 0.5) is 13.2 Å². The second-order valence-corrected chi connectivity index (χ2v) is 7.37. The van der Waals surface area contributed by atoms with Gasteiger partial charge < -0.3 is 14.8 Å². The van der Waals surface area contributed by atoms with Crippen molar-refractivity contribution in [1.29, 1.82) is 0 Å². The zero-order chi connectivity index (χ0) is 21.3. The van der Waals surface area contributed by atoms with Crippen molar-refractivity contribution < 1.29 is 28.2 Å². The highest BCUT2D eigenvalue weighted by Gasteiger charge is 2.39. The SMILES string of the molecule is CC(C)c1cc(Cn2c(C(F)(F)F)c(CCC(=O)O)c3ccccc32)ccc1O. The molecule has 0 spiro atoms. The van der Waals surface area contributed by atoms with Crippen molar-refractivity contribution in [3.05, 3.63) is 64.8 Å². The Morgan fingerprint density at radius 3 is 2.45 bits per heavy atom. The van der Waals surface area contributed by atoms with Gasteiger partial charge in [0.25, 0.3) is 0 Å². The molecule has 0 amide bonds. The fourth-order valence-corrected chi connectivity index (χ4v) is 3.70. The standard InChI is InChI=1S/C22H22F3NO3/c1-13(2)17-11-14(7-9-19(17)27)12-26-18-6-4-3-5-15(18)16(8-10-20(28)29)21(26)22(23,24)25/h3-7,9,11,13,27H,8,10,12H2,1-2H3,(H,28,29). The Balaban J connectivity index is 2.19. The largest absolute Gasteiger partial charge is 0.508 e. The van der Waals surface area contributed by atoms with Gasteiger partial charge in [0.1, 0.15) is 11.4 Å². The molecule has 0 aliphatic carbocycles. The van der Waals surface area contributed by atoms with Gasteiger partial charge >= 0.3 is 12.1 Å². The molecule has 7 heteroatoms. The van der Waals surface area contributed by atoms with E-state index in [1.807, 2.05) is 13.8 Å². The fraction of sp³-hybridized carbons (Fsp3) is 0.318. The van der Waals surface area contributed by atoms with Crippen LogP contribution in [-0.2, 0) is 23.9 Å². The zero-order valence-corrected chi connectivity index (χ0v) is 16.1. The van der Waals surface area contributed by atoms with Crippen LogP contribution in [0.15, 0.2) is 42.5 Å². The van der Waals surface area contributed by atoms with E-state index in [4.69, 9.17) is 5.11 Å². The number of phenols is 1. The minimum absolute atomic E-state index is 0.00152. The predicted molar refractivity (Wildman–Crippen MR) is 104 cm³/mol. The van der Waals surface area contributed by atoms with Crippen LogP contribution in [-0.4, -0.2) is 20.7 Å². The number of aliphatic carboxylic acids is 1. The lowest BCUT2D eigenvalue weighted by Crippen LogP contribution is -2.17. The van der Waals surface area contributed by atoms with Gasteiger partial charge in [-0.1, -0.05) is 44.2 Å². The number of fused-ring (bicyclic) bond motifs is 1. The van der Waals surface area contributed by atoms with Gasteiger partial charge in [0.2, 0.25) is 0 Å². The molecule has 0 bridgehead atoms. The molecule has 0 aliphatic heterocycles. The first-order valence-electron chi connectivity index (χ1n) is 9.30. The highest BCUT2D eigenvalue weighted by atomic mass is 19.4. The van der Waals surface area contributed by atoms with Crippen LogP contribution in [0, 0.1) is 0 Å². The van der Waals surface area contributed by atoms with Gasteiger partial charge in [-0.15, -0.1) is 0 Å². The van der Waals surface area contributed by atoms with Crippen molar-refractivity contribution in [3.8, 4) is 5.75 Å². The van der Waals surface area contributed by atoms with E-state index >= 15 is 0 Å². The second kappa shape index (κ2) is 7.81. The van der Waals surface area contributed by atoms with Gasteiger partial charge in [-0.05, 0) is 41.2 Å². The molecule has 0 atom stereocenters. The van der Waals surface area contributed by atoms with Gasteiger partial charge in [0, 0.05) is 23.9 Å². The normalized spacial score (nSPS) is 12.1. The fourth-order valence-electron chi connectivity index (χ4n) is 3.70. The van der Waals surface area contributed by atoms with E-state index in [0.717, 1.165) is 0 Å². The van der Waals surface area contributed by atoms with Crippen LogP contribution < -0.4 is 0 Å². The van der Waals surface area contributed by atoms with E-state index in [9.17, 15) is 23.1 Å². The highest BCUT2D eigenvalue weighted by Crippen LogP contribution is 2.39. The van der Waals surface area contributed by atoms with Gasteiger partial charge in [-0.3, -0.25) is 4.79 Å². The van der Waals surface area contributed by atoms with Gasteiger partial charge in [-0.25, -0.2) is 0 Å². The number of hydrogen-bond donors (Lipinski definition) is 2. The number of benzene rings is 2. The number of aryl methyl sites for hydroxylation is 1. The maximum Gasteiger partial charge on any atom is 0.431 e. The van der Waals surface area contributed by atoms with Crippen molar-refractivity contribution in [3.63, 3.8) is 0 Å². The number of aromatic nitrogens is 1. The molecule has 0 fully saturated rings. The molecular weight excluding hydrogens is 383 g/mol. The topological polar surface area (TPSA) is 62.5 Å². The Morgan fingerprint density at radius 2 is 1.83 bits per heavy atom. The second-order valence-electron chi connectivity index (χ2n) is 7.37. The number of carboxylic acids is 1. The quantitative estimate of drug-likeness (QED) is 0.565. The molecule has 3 aromatic rings. The Labute approximate surface area is 166 Å².